The van der Waals surface area contributed by atoms with Crippen molar-refractivity contribution in [2.24, 2.45) is 10.8 Å². The lowest BCUT2D eigenvalue weighted by atomic mass is 10.0. The van der Waals surface area contributed by atoms with Gasteiger partial charge in [0.25, 0.3) is 0 Å². The minimum absolute atomic E-state index is 0.0457. The number of carboxylic acids is 1. The summed E-state index contributed by atoms with van der Waals surface area (Å²) in [6.07, 6.45) is 1.06. The molecule has 190 valence electrons. The first kappa shape index (κ1) is 28.9. The molecule has 2 unspecified atom stereocenters. The fourth-order valence-corrected chi connectivity index (χ4v) is 2.90. The van der Waals surface area contributed by atoms with E-state index in [0.717, 1.165) is 0 Å². The number of hydrogen-bond donors (Lipinski definition) is 6. The lowest BCUT2D eigenvalue weighted by Gasteiger charge is -2.22. The average molecular weight is 491 g/mol. The number of amides is 4. The molecule has 14 nitrogen and oxygen atoms in total. The van der Waals surface area contributed by atoms with Crippen molar-refractivity contribution in [2.75, 3.05) is 26.2 Å². The molecule has 0 aliphatic rings. The van der Waals surface area contributed by atoms with Crippen LogP contribution in [0.3, 0.4) is 0 Å². The quantitative estimate of drug-likeness (QED) is 0.0728. The normalized spacial score (nSPS) is 11.8. The van der Waals surface area contributed by atoms with Gasteiger partial charge in [0.2, 0.25) is 23.6 Å². The Morgan fingerprint density at radius 2 is 1.60 bits per heavy atom. The van der Waals surface area contributed by atoms with Gasteiger partial charge >= 0.3 is 5.97 Å². The summed E-state index contributed by atoms with van der Waals surface area (Å²) >= 11 is 0. The predicted octanol–water partition coefficient (Wildman–Crippen LogP) is -1.04. The Labute approximate surface area is 201 Å². The zero-order chi connectivity index (χ0) is 26.1. The summed E-state index contributed by atoms with van der Waals surface area (Å²) in [6, 6.07) is 6.44. The largest absolute Gasteiger partial charge is 0.480 e. The van der Waals surface area contributed by atoms with Crippen LogP contribution in [-0.2, 0) is 30.4 Å². The molecule has 0 radical (unpaired) electrons. The van der Waals surface area contributed by atoms with Crippen LogP contribution in [0.2, 0.25) is 0 Å². The number of rotatable bonds is 16. The molecule has 0 aliphatic carbocycles. The maximum Gasteiger partial charge on any atom is 0.326 e. The van der Waals surface area contributed by atoms with Crippen molar-refractivity contribution in [1.29, 1.82) is 0 Å². The van der Waals surface area contributed by atoms with E-state index < -0.39 is 48.2 Å². The van der Waals surface area contributed by atoms with Gasteiger partial charge in [-0.1, -0.05) is 41.9 Å². The highest BCUT2D eigenvalue weighted by atomic mass is 16.4. The number of nitrogens with zero attached hydrogens (tertiary/aromatic N) is 3. The molecule has 1 aromatic carbocycles. The maximum atomic E-state index is 12.8. The Morgan fingerprint density at radius 3 is 2.23 bits per heavy atom. The summed E-state index contributed by atoms with van der Waals surface area (Å²) in [6.45, 7) is -0.917. The van der Waals surface area contributed by atoms with Crippen molar-refractivity contribution < 1.29 is 29.1 Å². The molecule has 0 saturated heterocycles. The van der Waals surface area contributed by atoms with Crippen molar-refractivity contribution in [3.05, 3.63) is 46.3 Å². The topological polar surface area (TPSA) is 228 Å². The lowest BCUT2D eigenvalue weighted by Crippen LogP contribution is -2.53. The van der Waals surface area contributed by atoms with E-state index in [1.54, 1.807) is 30.3 Å². The Morgan fingerprint density at radius 1 is 0.943 bits per heavy atom. The monoisotopic (exact) mass is 490 g/mol. The smallest absolute Gasteiger partial charge is 0.326 e. The summed E-state index contributed by atoms with van der Waals surface area (Å²) in [7, 11) is 0. The van der Waals surface area contributed by atoms with Gasteiger partial charge in [-0.2, -0.15) is 0 Å². The molecular formula is C21H30N8O6. The van der Waals surface area contributed by atoms with Crippen molar-refractivity contribution in [3.8, 4) is 0 Å². The number of benzene rings is 1. The van der Waals surface area contributed by atoms with E-state index in [1.165, 1.54) is 0 Å². The molecular weight excluding hydrogens is 460 g/mol. The van der Waals surface area contributed by atoms with Crippen LogP contribution < -0.4 is 27.0 Å². The van der Waals surface area contributed by atoms with Crippen LogP contribution in [0.5, 0.6) is 0 Å². The van der Waals surface area contributed by atoms with E-state index in [0.29, 0.717) is 18.4 Å². The molecule has 7 N–H and O–H groups in total. The van der Waals surface area contributed by atoms with E-state index in [4.69, 9.17) is 11.3 Å². The number of nitrogens with one attached hydrogen (secondary N) is 4. The Kier molecular flexibility index (Phi) is 13.6. The minimum Gasteiger partial charge on any atom is -0.480 e. The number of azide groups is 1. The van der Waals surface area contributed by atoms with Crippen molar-refractivity contribution in [1.82, 2.24) is 21.3 Å². The van der Waals surface area contributed by atoms with Gasteiger partial charge in [-0.3, -0.25) is 19.2 Å². The highest BCUT2D eigenvalue weighted by Gasteiger charge is 2.26. The first-order valence-corrected chi connectivity index (χ1v) is 10.9. The van der Waals surface area contributed by atoms with Crippen molar-refractivity contribution >= 4 is 29.6 Å². The first-order valence-electron chi connectivity index (χ1n) is 10.9. The first-order chi connectivity index (χ1) is 16.8. The fraction of sp³-hybridized carbons (Fsp3) is 0.476. The third-order valence-corrected chi connectivity index (χ3v) is 4.69. The van der Waals surface area contributed by atoms with Gasteiger partial charge in [-0.15, -0.1) is 0 Å². The van der Waals surface area contributed by atoms with Gasteiger partial charge in [0, 0.05) is 17.9 Å². The number of nitrogens with two attached hydrogens (primary N) is 1. The number of hydrogen-bond acceptors (Lipinski definition) is 7. The third-order valence-electron chi connectivity index (χ3n) is 4.69. The number of carbonyl (C=O) groups is 5. The van der Waals surface area contributed by atoms with Gasteiger partial charge < -0.3 is 32.1 Å². The molecule has 0 saturated carbocycles. The second-order valence-corrected chi connectivity index (χ2v) is 7.42. The number of aliphatic carboxylic acids is 1. The highest BCUT2D eigenvalue weighted by molar-refractivity contribution is 5.92. The van der Waals surface area contributed by atoms with Gasteiger partial charge in [0.15, 0.2) is 0 Å². The molecule has 1 rings (SSSR count). The summed E-state index contributed by atoms with van der Waals surface area (Å²) in [5.41, 5.74) is 14.2. The highest BCUT2D eigenvalue weighted by Crippen LogP contribution is 2.06. The Hall–Kier alpha value is -4.16. The van der Waals surface area contributed by atoms with E-state index in [1.807, 2.05) is 0 Å². The van der Waals surface area contributed by atoms with Crippen LogP contribution in [0.4, 0.5) is 0 Å². The second-order valence-electron chi connectivity index (χ2n) is 7.42. The molecule has 0 aromatic heterocycles. The van der Waals surface area contributed by atoms with E-state index in [2.05, 4.69) is 31.3 Å². The summed E-state index contributed by atoms with van der Waals surface area (Å²) in [4.78, 5) is 62.3. The SMILES string of the molecule is [N-]=[N+]=NCCCCC(NC(=O)CNC(=O)CNC(=O)CN)C(=O)NC(Cc1ccccc1)C(=O)O. The Balaban J connectivity index is 2.73. The average Bonchev–Trinajstić information content (AvgIpc) is 2.85. The van der Waals surface area contributed by atoms with Gasteiger partial charge in [-0.05, 0) is 23.9 Å². The molecule has 0 aliphatic heterocycles. The van der Waals surface area contributed by atoms with Gasteiger partial charge in [-0.25, -0.2) is 4.79 Å². The third kappa shape index (κ3) is 12.6. The van der Waals surface area contributed by atoms with Crippen LogP contribution >= 0.6 is 0 Å². The number of carbonyl (C=O) groups excluding carboxylic acids is 4. The molecule has 0 fully saturated rings. The lowest BCUT2D eigenvalue weighted by molar-refractivity contribution is -0.142. The zero-order valence-electron chi connectivity index (χ0n) is 19.1. The van der Waals surface area contributed by atoms with E-state index in [9.17, 15) is 29.1 Å². The van der Waals surface area contributed by atoms with Crippen LogP contribution in [0.1, 0.15) is 24.8 Å². The molecule has 1 aromatic rings. The number of carboxylic acid groups (broad SMARTS) is 1. The van der Waals surface area contributed by atoms with Crippen molar-refractivity contribution in [2.45, 2.75) is 37.8 Å². The van der Waals surface area contributed by atoms with E-state index >= 15 is 0 Å². The molecule has 0 spiro atoms. The van der Waals surface area contributed by atoms with Crippen LogP contribution in [0.15, 0.2) is 35.4 Å². The second kappa shape index (κ2) is 16.5. The molecule has 0 bridgehead atoms. The van der Waals surface area contributed by atoms with E-state index in [-0.39, 0.29) is 32.5 Å². The zero-order valence-corrected chi connectivity index (χ0v) is 19.1. The predicted molar refractivity (Wildman–Crippen MR) is 125 cm³/mol. The van der Waals surface area contributed by atoms with Crippen LogP contribution in [0, 0.1) is 0 Å². The molecule has 35 heavy (non-hydrogen) atoms. The summed E-state index contributed by atoms with van der Waals surface area (Å²) in [5, 5.41) is 22.4. The summed E-state index contributed by atoms with van der Waals surface area (Å²) in [5.74, 6) is -3.79. The molecule has 0 heterocycles. The van der Waals surface area contributed by atoms with Crippen LogP contribution in [0.25, 0.3) is 10.4 Å². The number of unbranched alkanes of at least 4 members (excludes halogenated alkanes) is 1. The van der Waals surface area contributed by atoms with Gasteiger partial charge in [0.1, 0.15) is 12.1 Å². The Bertz CT molecular complexity index is 920. The standard InChI is InChI=1S/C21H30N8O6/c22-11-17(30)24-12-18(31)25-13-19(32)27-15(8-4-5-9-26-29-23)20(33)28-16(21(34)35)10-14-6-2-1-3-7-14/h1-3,6-7,15-16H,4-5,8-13,22H2,(H,24,30)(H,25,31)(H,27,32)(H,28,33)(H,34,35). The van der Waals surface area contributed by atoms with Crippen LogP contribution in [-0.4, -0.2) is 73.0 Å². The molecule has 2 atom stereocenters. The van der Waals surface area contributed by atoms with Crippen molar-refractivity contribution in [3.63, 3.8) is 0 Å². The van der Waals surface area contributed by atoms with Gasteiger partial charge in [0.05, 0.1) is 19.6 Å². The molecule has 14 heteroatoms. The fourth-order valence-electron chi connectivity index (χ4n) is 2.90. The maximum absolute atomic E-state index is 12.8. The minimum atomic E-state index is -1.23. The molecule has 4 amide bonds. The summed E-state index contributed by atoms with van der Waals surface area (Å²) < 4.78 is 0.